The van der Waals surface area contributed by atoms with E-state index in [-0.39, 0.29) is 12.3 Å². The minimum atomic E-state index is -1.10. The lowest BCUT2D eigenvalue weighted by molar-refractivity contribution is -0.136. The Morgan fingerprint density at radius 1 is 0.912 bits per heavy atom. The lowest BCUT2D eigenvalue weighted by atomic mass is 10.2. The van der Waals surface area contributed by atoms with E-state index in [1.54, 1.807) is 24.3 Å². The minimum Gasteiger partial charge on any atom is -0.483 e. The summed E-state index contributed by atoms with van der Waals surface area (Å²) in [5, 5.41) is 9.21. The second-order valence-electron chi connectivity index (χ2n) is 6.67. The van der Waals surface area contributed by atoms with Crippen molar-refractivity contribution in [2.24, 2.45) is 5.10 Å². The van der Waals surface area contributed by atoms with Crippen LogP contribution in [0.15, 0.2) is 71.8 Å². The molecule has 0 aliphatic carbocycles. The number of halogens is 3. The van der Waals surface area contributed by atoms with Gasteiger partial charge in [-0.05, 0) is 42.5 Å². The number of carbonyl (C=O) groups excluding carboxylic acids is 3. The van der Waals surface area contributed by atoms with Gasteiger partial charge in [0, 0.05) is 21.3 Å². The summed E-state index contributed by atoms with van der Waals surface area (Å²) >= 11 is 11.8. The van der Waals surface area contributed by atoms with Gasteiger partial charge in [-0.3, -0.25) is 14.4 Å². The van der Waals surface area contributed by atoms with E-state index in [9.17, 15) is 18.8 Å². The highest BCUT2D eigenvalue weighted by Gasteiger charge is 2.15. The van der Waals surface area contributed by atoms with Gasteiger partial charge in [-0.1, -0.05) is 47.5 Å². The van der Waals surface area contributed by atoms with Gasteiger partial charge in [-0.25, -0.2) is 9.82 Å². The van der Waals surface area contributed by atoms with Crippen molar-refractivity contribution >= 4 is 58.5 Å². The average molecular weight is 503 g/mol. The molecule has 0 atom stereocenters. The molecule has 0 fully saturated rings. The molecule has 0 aromatic heterocycles. The number of hydrogen-bond donors (Lipinski definition) is 3. The van der Waals surface area contributed by atoms with Gasteiger partial charge in [0.2, 0.25) is 0 Å². The van der Waals surface area contributed by atoms with Crippen LogP contribution in [0.4, 0.5) is 15.8 Å². The van der Waals surface area contributed by atoms with E-state index in [0.29, 0.717) is 27.0 Å². The first-order chi connectivity index (χ1) is 16.3. The molecular formula is C23H17Cl2FN4O4. The van der Waals surface area contributed by atoms with Crippen LogP contribution in [0, 0.1) is 5.82 Å². The average Bonchev–Trinajstić information content (AvgIpc) is 2.79. The van der Waals surface area contributed by atoms with Crippen LogP contribution < -0.4 is 20.8 Å². The molecule has 174 valence electrons. The van der Waals surface area contributed by atoms with Crippen LogP contribution >= 0.6 is 23.2 Å². The number of anilines is 2. The second kappa shape index (κ2) is 11.8. The van der Waals surface area contributed by atoms with Gasteiger partial charge in [-0.2, -0.15) is 5.10 Å². The van der Waals surface area contributed by atoms with Crippen LogP contribution in [0.5, 0.6) is 5.75 Å². The van der Waals surface area contributed by atoms with Gasteiger partial charge in [0.15, 0.2) is 6.61 Å². The molecule has 0 heterocycles. The van der Waals surface area contributed by atoms with Crippen LogP contribution in [-0.4, -0.2) is 30.5 Å². The number of hydrazone groups is 1. The molecule has 3 aromatic rings. The first-order valence-corrected chi connectivity index (χ1v) is 10.4. The van der Waals surface area contributed by atoms with E-state index < -0.39 is 23.5 Å². The lowest BCUT2D eigenvalue weighted by Gasteiger charge is -2.10. The van der Waals surface area contributed by atoms with E-state index in [0.717, 1.165) is 6.07 Å². The van der Waals surface area contributed by atoms with Gasteiger partial charge in [0.1, 0.15) is 11.6 Å². The Labute approximate surface area is 203 Å². The predicted octanol–water partition coefficient (Wildman–Crippen LogP) is 4.24. The predicted molar refractivity (Wildman–Crippen MR) is 128 cm³/mol. The summed E-state index contributed by atoms with van der Waals surface area (Å²) in [6, 6.07) is 16.6. The lowest BCUT2D eigenvalue weighted by Crippen LogP contribution is -2.32. The first-order valence-electron chi connectivity index (χ1n) is 9.68. The van der Waals surface area contributed by atoms with Crippen LogP contribution in [0.3, 0.4) is 0 Å². The maximum Gasteiger partial charge on any atom is 0.329 e. The van der Waals surface area contributed by atoms with Crippen molar-refractivity contribution in [3.05, 3.63) is 88.2 Å². The smallest absolute Gasteiger partial charge is 0.329 e. The van der Waals surface area contributed by atoms with Gasteiger partial charge >= 0.3 is 11.8 Å². The maximum atomic E-state index is 13.6. The monoisotopic (exact) mass is 502 g/mol. The highest BCUT2D eigenvalue weighted by Crippen LogP contribution is 2.22. The van der Waals surface area contributed by atoms with Crippen LogP contribution in [0.1, 0.15) is 5.56 Å². The molecule has 3 rings (SSSR count). The molecule has 0 bridgehead atoms. The Morgan fingerprint density at radius 2 is 1.59 bits per heavy atom. The van der Waals surface area contributed by atoms with Crippen molar-refractivity contribution in [2.75, 3.05) is 17.2 Å². The number of para-hydroxylation sites is 2. The Kier molecular flexibility index (Phi) is 8.55. The standard InChI is InChI=1S/C23H17Cl2FN4O4/c24-15-9-16(25)11-17(10-15)28-21(31)13-34-20-8-4-1-5-14(20)12-27-30-23(33)22(32)29-19-7-3-2-6-18(19)26/h1-12H,13H2,(H,28,31)(H,29,32)(H,30,33)/b27-12-. The molecule has 3 amide bonds. The Bertz CT molecular complexity index is 1230. The van der Waals surface area contributed by atoms with Crippen LogP contribution in [-0.2, 0) is 14.4 Å². The number of amides is 3. The van der Waals surface area contributed by atoms with Gasteiger partial charge in [0.05, 0.1) is 11.9 Å². The molecule has 0 spiro atoms. The summed E-state index contributed by atoms with van der Waals surface area (Å²) in [5.74, 6) is -3.03. The molecule has 0 saturated heterocycles. The number of nitrogens with one attached hydrogen (secondary N) is 3. The third-order valence-electron chi connectivity index (χ3n) is 4.12. The van der Waals surface area contributed by atoms with Crippen LogP contribution in [0.2, 0.25) is 10.0 Å². The Balaban J connectivity index is 1.55. The summed E-state index contributed by atoms with van der Waals surface area (Å²) in [6.45, 7) is -0.327. The van der Waals surface area contributed by atoms with E-state index in [2.05, 4.69) is 15.7 Å². The van der Waals surface area contributed by atoms with Crippen molar-refractivity contribution in [3.8, 4) is 5.75 Å². The van der Waals surface area contributed by atoms with Gasteiger partial charge in [0.25, 0.3) is 5.91 Å². The molecule has 34 heavy (non-hydrogen) atoms. The number of rotatable bonds is 7. The van der Waals surface area contributed by atoms with E-state index in [1.807, 2.05) is 5.43 Å². The molecule has 11 heteroatoms. The minimum absolute atomic E-state index is 0.135. The molecule has 0 unspecified atom stereocenters. The Morgan fingerprint density at radius 3 is 2.32 bits per heavy atom. The van der Waals surface area contributed by atoms with Crippen molar-refractivity contribution in [2.45, 2.75) is 0 Å². The molecule has 3 aromatic carbocycles. The zero-order valence-corrected chi connectivity index (χ0v) is 18.9. The number of ether oxygens (including phenoxy) is 1. The quantitative estimate of drug-likeness (QED) is 0.255. The van der Waals surface area contributed by atoms with Crippen molar-refractivity contribution in [1.29, 1.82) is 0 Å². The van der Waals surface area contributed by atoms with Crippen molar-refractivity contribution in [1.82, 2.24) is 5.43 Å². The SMILES string of the molecule is O=C(COc1ccccc1/C=N\NC(=O)C(=O)Nc1ccccc1F)Nc1cc(Cl)cc(Cl)c1. The summed E-state index contributed by atoms with van der Waals surface area (Å²) in [4.78, 5) is 36.0. The third-order valence-corrected chi connectivity index (χ3v) is 4.56. The summed E-state index contributed by atoms with van der Waals surface area (Å²) in [6.07, 6.45) is 1.23. The summed E-state index contributed by atoms with van der Waals surface area (Å²) in [7, 11) is 0. The number of hydrogen-bond acceptors (Lipinski definition) is 5. The second-order valence-corrected chi connectivity index (χ2v) is 7.54. The van der Waals surface area contributed by atoms with Gasteiger partial charge in [-0.15, -0.1) is 0 Å². The third kappa shape index (κ3) is 7.29. The van der Waals surface area contributed by atoms with E-state index >= 15 is 0 Å². The molecule has 0 saturated carbocycles. The summed E-state index contributed by atoms with van der Waals surface area (Å²) in [5.41, 5.74) is 2.75. The van der Waals surface area contributed by atoms with Crippen LogP contribution in [0.25, 0.3) is 0 Å². The zero-order valence-electron chi connectivity index (χ0n) is 17.3. The van der Waals surface area contributed by atoms with Crippen molar-refractivity contribution in [3.63, 3.8) is 0 Å². The summed E-state index contributed by atoms with van der Waals surface area (Å²) < 4.78 is 19.1. The molecule has 0 aliphatic rings. The normalized spacial score (nSPS) is 10.6. The Hall–Kier alpha value is -3.95. The van der Waals surface area contributed by atoms with E-state index in [1.165, 1.54) is 42.6 Å². The highest BCUT2D eigenvalue weighted by molar-refractivity contribution is 6.39. The molecule has 0 aliphatic heterocycles. The maximum absolute atomic E-state index is 13.6. The molecule has 0 radical (unpaired) electrons. The number of nitrogens with zero attached hydrogens (tertiary/aromatic N) is 1. The van der Waals surface area contributed by atoms with Gasteiger partial charge < -0.3 is 15.4 Å². The van der Waals surface area contributed by atoms with Crippen molar-refractivity contribution < 1.29 is 23.5 Å². The number of carbonyl (C=O) groups is 3. The fourth-order valence-electron chi connectivity index (χ4n) is 2.64. The number of benzene rings is 3. The fraction of sp³-hybridized carbons (Fsp3) is 0.0435. The molecule has 8 nitrogen and oxygen atoms in total. The zero-order chi connectivity index (χ0) is 24.5. The molecule has 3 N–H and O–H groups in total. The van der Waals surface area contributed by atoms with E-state index in [4.69, 9.17) is 27.9 Å². The fourth-order valence-corrected chi connectivity index (χ4v) is 3.16. The molecular weight excluding hydrogens is 486 g/mol. The topological polar surface area (TPSA) is 109 Å². The first kappa shape index (κ1) is 24.7. The largest absolute Gasteiger partial charge is 0.483 e. The highest BCUT2D eigenvalue weighted by atomic mass is 35.5.